The summed E-state index contributed by atoms with van der Waals surface area (Å²) in [7, 11) is 0. The maximum absolute atomic E-state index is 9.51. The predicted molar refractivity (Wildman–Crippen MR) is 102 cm³/mol. The Morgan fingerprint density at radius 3 is 2.56 bits per heavy atom. The highest BCUT2D eigenvalue weighted by Gasteiger charge is 2.21. The second-order valence-corrected chi connectivity index (χ2v) is 7.75. The lowest BCUT2D eigenvalue weighted by molar-refractivity contribution is 0.122. The van der Waals surface area contributed by atoms with Gasteiger partial charge < -0.3 is 10.0 Å². The number of nitrogens with zero attached hydrogens (tertiary/aromatic N) is 5. The molecule has 1 fully saturated rings. The van der Waals surface area contributed by atoms with Crippen LogP contribution in [0.1, 0.15) is 6.92 Å². The van der Waals surface area contributed by atoms with Gasteiger partial charge in [0.2, 0.25) is 10.1 Å². The van der Waals surface area contributed by atoms with Crippen LogP contribution in [0.25, 0.3) is 16.2 Å². The Morgan fingerprint density at radius 2 is 1.92 bits per heavy atom. The molecule has 1 aromatic carbocycles. The number of imidazole rings is 1. The van der Waals surface area contributed by atoms with E-state index in [2.05, 4.69) is 14.8 Å². The minimum absolute atomic E-state index is 0.277. The SMILES string of the molecule is C[C@@H](O)CN1CCN(c2nn3cc(-c4ccc(Cl)cc4)nc3s2)CC1. The zero-order chi connectivity index (χ0) is 17.4. The van der Waals surface area contributed by atoms with Crippen LogP contribution in [0.2, 0.25) is 5.02 Å². The van der Waals surface area contributed by atoms with Crippen molar-refractivity contribution in [2.24, 2.45) is 0 Å². The van der Waals surface area contributed by atoms with E-state index in [0.717, 1.165) is 59.1 Å². The molecule has 8 heteroatoms. The summed E-state index contributed by atoms with van der Waals surface area (Å²) in [6.45, 7) is 6.31. The fourth-order valence-electron chi connectivity index (χ4n) is 3.07. The van der Waals surface area contributed by atoms with Gasteiger partial charge in [-0.05, 0) is 19.1 Å². The summed E-state index contributed by atoms with van der Waals surface area (Å²) < 4.78 is 1.85. The van der Waals surface area contributed by atoms with E-state index < -0.39 is 0 Å². The van der Waals surface area contributed by atoms with E-state index in [9.17, 15) is 5.11 Å². The first kappa shape index (κ1) is 16.8. The molecule has 0 amide bonds. The third-order valence-corrected chi connectivity index (χ3v) is 5.57. The number of piperazine rings is 1. The lowest BCUT2D eigenvalue weighted by Crippen LogP contribution is -2.48. The van der Waals surface area contributed by atoms with Crippen molar-refractivity contribution in [1.29, 1.82) is 0 Å². The molecular formula is C17H20ClN5OS. The van der Waals surface area contributed by atoms with Crippen molar-refractivity contribution in [2.45, 2.75) is 13.0 Å². The molecule has 1 N–H and O–H groups in total. The molecule has 1 aliphatic heterocycles. The molecule has 4 rings (SSSR count). The zero-order valence-electron chi connectivity index (χ0n) is 14.0. The molecule has 6 nitrogen and oxygen atoms in total. The summed E-state index contributed by atoms with van der Waals surface area (Å²) in [4.78, 5) is 10.2. The quantitative estimate of drug-likeness (QED) is 0.757. The highest BCUT2D eigenvalue weighted by atomic mass is 35.5. The molecular weight excluding hydrogens is 358 g/mol. The number of fused-ring (bicyclic) bond motifs is 1. The smallest absolute Gasteiger partial charge is 0.214 e. The Balaban J connectivity index is 1.48. The maximum Gasteiger partial charge on any atom is 0.214 e. The van der Waals surface area contributed by atoms with Gasteiger partial charge in [0.15, 0.2) is 0 Å². The Hall–Kier alpha value is -1.67. The fourth-order valence-corrected chi connectivity index (χ4v) is 4.13. The topological polar surface area (TPSA) is 56.9 Å². The summed E-state index contributed by atoms with van der Waals surface area (Å²) in [5.74, 6) is 0. The number of β-amino-alcohol motifs (C(OH)–C–C–N with tert-alkyl or cyclic N) is 1. The minimum Gasteiger partial charge on any atom is -0.392 e. The number of hydrogen-bond donors (Lipinski definition) is 1. The van der Waals surface area contributed by atoms with Crippen LogP contribution in [0, 0.1) is 0 Å². The first-order chi connectivity index (χ1) is 12.1. The van der Waals surface area contributed by atoms with Crippen LogP contribution in [-0.4, -0.2) is 63.4 Å². The van der Waals surface area contributed by atoms with E-state index in [1.807, 2.05) is 41.9 Å². The lowest BCUT2D eigenvalue weighted by atomic mass is 10.2. The monoisotopic (exact) mass is 377 g/mol. The average molecular weight is 378 g/mol. The van der Waals surface area contributed by atoms with E-state index >= 15 is 0 Å². The molecule has 3 heterocycles. The zero-order valence-corrected chi connectivity index (χ0v) is 15.5. The van der Waals surface area contributed by atoms with Crippen molar-refractivity contribution >= 4 is 33.0 Å². The number of aliphatic hydroxyl groups is 1. The second-order valence-electron chi connectivity index (χ2n) is 6.38. The average Bonchev–Trinajstić information content (AvgIpc) is 3.14. The Kier molecular flexibility index (Phi) is 4.64. The second kappa shape index (κ2) is 6.92. The van der Waals surface area contributed by atoms with E-state index in [4.69, 9.17) is 16.7 Å². The van der Waals surface area contributed by atoms with Crippen LogP contribution < -0.4 is 4.90 Å². The van der Waals surface area contributed by atoms with Gasteiger partial charge in [0.05, 0.1) is 18.0 Å². The summed E-state index contributed by atoms with van der Waals surface area (Å²) in [5, 5.41) is 15.9. The summed E-state index contributed by atoms with van der Waals surface area (Å²) in [6, 6.07) is 7.68. The third-order valence-electron chi connectivity index (χ3n) is 4.34. The number of halogens is 1. The number of aliphatic hydroxyl groups excluding tert-OH is 1. The molecule has 2 aromatic heterocycles. The molecule has 0 unspecified atom stereocenters. The summed E-state index contributed by atoms with van der Waals surface area (Å²) in [5.41, 5.74) is 1.94. The van der Waals surface area contributed by atoms with Crippen molar-refractivity contribution in [3.8, 4) is 11.3 Å². The first-order valence-corrected chi connectivity index (χ1v) is 9.55. The van der Waals surface area contributed by atoms with E-state index in [0.29, 0.717) is 0 Å². The van der Waals surface area contributed by atoms with Gasteiger partial charge in [-0.15, -0.1) is 5.10 Å². The van der Waals surface area contributed by atoms with Crippen molar-refractivity contribution in [2.75, 3.05) is 37.6 Å². The van der Waals surface area contributed by atoms with Gasteiger partial charge in [0.1, 0.15) is 0 Å². The van der Waals surface area contributed by atoms with Crippen LogP contribution in [0.4, 0.5) is 5.13 Å². The molecule has 0 spiro atoms. The Labute approximate surface area is 155 Å². The third kappa shape index (κ3) is 3.64. The molecule has 0 saturated carbocycles. The van der Waals surface area contributed by atoms with Gasteiger partial charge in [-0.1, -0.05) is 35.1 Å². The number of rotatable bonds is 4. The van der Waals surface area contributed by atoms with E-state index in [1.165, 1.54) is 0 Å². The summed E-state index contributed by atoms with van der Waals surface area (Å²) in [6.07, 6.45) is 1.68. The van der Waals surface area contributed by atoms with Gasteiger partial charge in [0, 0.05) is 43.3 Å². The highest BCUT2D eigenvalue weighted by Crippen LogP contribution is 2.27. The molecule has 25 heavy (non-hydrogen) atoms. The Bertz CT molecular complexity index is 820. The molecule has 1 saturated heterocycles. The molecule has 3 aromatic rings. The normalized spacial score (nSPS) is 17.3. The number of benzene rings is 1. The maximum atomic E-state index is 9.51. The highest BCUT2D eigenvalue weighted by molar-refractivity contribution is 7.20. The number of hydrogen-bond acceptors (Lipinski definition) is 6. The molecule has 1 atom stereocenters. The van der Waals surface area contributed by atoms with Gasteiger partial charge in [-0.3, -0.25) is 4.90 Å². The van der Waals surface area contributed by atoms with E-state index in [1.54, 1.807) is 11.3 Å². The predicted octanol–water partition coefficient (Wildman–Crippen LogP) is 2.61. The van der Waals surface area contributed by atoms with Crippen LogP contribution in [0.5, 0.6) is 0 Å². The number of anilines is 1. The molecule has 0 bridgehead atoms. The van der Waals surface area contributed by atoms with E-state index in [-0.39, 0.29) is 6.10 Å². The lowest BCUT2D eigenvalue weighted by Gasteiger charge is -2.34. The van der Waals surface area contributed by atoms with Crippen molar-refractivity contribution in [1.82, 2.24) is 19.5 Å². The van der Waals surface area contributed by atoms with Crippen LogP contribution in [0.15, 0.2) is 30.5 Å². The van der Waals surface area contributed by atoms with Gasteiger partial charge in [-0.25, -0.2) is 9.50 Å². The van der Waals surface area contributed by atoms with Gasteiger partial charge in [-0.2, -0.15) is 0 Å². The number of aromatic nitrogens is 3. The largest absolute Gasteiger partial charge is 0.392 e. The van der Waals surface area contributed by atoms with Gasteiger partial charge >= 0.3 is 0 Å². The van der Waals surface area contributed by atoms with Crippen molar-refractivity contribution < 1.29 is 5.11 Å². The molecule has 1 aliphatic rings. The first-order valence-electron chi connectivity index (χ1n) is 8.36. The van der Waals surface area contributed by atoms with Crippen LogP contribution >= 0.6 is 22.9 Å². The van der Waals surface area contributed by atoms with Crippen molar-refractivity contribution in [3.05, 3.63) is 35.5 Å². The fraction of sp³-hybridized carbons (Fsp3) is 0.412. The van der Waals surface area contributed by atoms with Gasteiger partial charge in [0.25, 0.3) is 0 Å². The van der Waals surface area contributed by atoms with Crippen LogP contribution in [0.3, 0.4) is 0 Å². The molecule has 132 valence electrons. The molecule has 0 aliphatic carbocycles. The van der Waals surface area contributed by atoms with Crippen molar-refractivity contribution in [3.63, 3.8) is 0 Å². The Morgan fingerprint density at radius 1 is 1.20 bits per heavy atom. The summed E-state index contributed by atoms with van der Waals surface area (Å²) >= 11 is 7.55. The standard InChI is InChI=1S/C17H20ClN5OS/c1-12(24)10-21-6-8-22(9-7-21)17-20-23-11-15(19-16(23)25-17)13-2-4-14(18)5-3-13/h2-5,11-12,24H,6-10H2,1H3/t12-/m1/s1. The molecule has 0 radical (unpaired) electrons. The minimum atomic E-state index is -0.277. The van der Waals surface area contributed by atoms with Crippen LogP contribution in [-0.2, 0) is 0 Å².